The maximum Gasteiger partial charge on any atom is 0.306 e. The lowest BCUT2D eigenvalue weighted by Gasteiger charge is -2.28. The molecule has 0 aromatic rings. The van der Waals surface area contributed by atoms with E-state index in [1.807, 2.05) is 21.1 Å². The molecule has 0 aromatic heterocycles. The molecule has 45 heavy (non-hydrogen) atoms. The van der Waals surface area contributed by atoms with E-state index in [1.54, 1.807) is 0 Å². The molecule has 0 aliphatic heterocycles. The minimum Gasteiger partial charge on any atom is -0.756 e. The largest absolute Gasteiger partial charge is 0.756 e. The Kier molecular flexibility index (Phi) is 28.5. The molecule has 1 unspecified atom stereocenters. The second kappa shape index (κ2) is 29.2. The second-order valence-electron chi connectivity index (χ2n) is 13.6. The third-order valence-corrected chi connectivity index (χ3v) is 8.84. The highest BCUT2D eigenvalue weighted by Gasteiger charge is 2.21. The third-order valence-electron chi connectivity index (χ3n) is 7.88. The summed E-state index contributed by atoms with van der Waals surface area (Å²) in [6, 6.07) is 0. The zero-order valence-corrected chi connectivity index (χ0v) is 30.7. The Morgan fingerprint density at radius 3 is 1.42 bits per heavy atom. The van der Waals surface area contributed by atoms with E-state index in [0.717, 1.165) is 44.9 Å². The van der Waals surface area contributed by atoms with Crippen LogP contribution in [-0.2, 0) is 32.7 Å². The zero-order chi connectivity index (χ0) is 33.7. The van der Waals surface area contributed by atoms with Crippen LogP contribution in [0.15, 0.2) is 0 Å². The molecular weight excluding hydrogens is 593 g/mol. The number of phosphoric ester groups is 1. The van der Waals surface area contributed by atoms with Crippen molar-refractivity contribution < 1.29 is 42.1 Å². The van der Waals surface area contributed by atoms with Gasteiger partial charge in [0.2, 0.25) is 0 Å². The lowest BCUT2D eigenvalue weighted by molar-refractivity contribution is -0.870. The molecular formula is C35H70NO8P. The normalized spacial score (nSPS) is 13.8. The van der Waals surface area contributed by atoms with Crippen molar-refractivity contribution in [1.82, 2.24) is 0 Å². The van der Waals surface area contributed by atoms with Crippen molar-refractivity contribution in [3.8, 4) is 0 Å². The molecule has 0 amide bonds. The first-order valence-electron chi connectivity index (χ1n) is 18.2. The monoisotopic (exact) mass is 663 g/mol. The number of hydrogen-bond acceptors (Lipinski definition) is 8. The molecule has 0 N–H and O–H groups in total. The van der Waals surface area contributed by atoms with Gasteiger partial charge in [0.1, 0.15) is 19.8 Å². The Morgan fingerprint density at radius 2 is 1.00 bits per heavy atom. The molecule has 0 saturated carbocycles. The van der Waals surface area contributed by atoms with Crippen LogP contribution in [0.2, 0.25) is 0 Å². The molecule has 0 rings (SSSR count). The topological polar surface area (TPSA) is 111 Å². The maximum atomic E-state index is 12.5. The molecule has 10 heteroatoms. The third kappa shape index (κ3) is 32.7. The summed E-state index contributed by atoms with van der Waals surface area (Å²) in [4.78, 5) is 37.0. The van der Waals surface area contributed by atoms with Gasteiger partial charge >= 0.3 is 11.9 Å². The van der Waals surface area contributed by atoms with Gasteiger partial charge in [0.15, 0.2) is 6.10 Å². The minimum atomic E-state index is -4.60. The van der Waals surface area contributed by atoms with E-state index in [9.17, 15) is 19.0 Å². The van der Waals surface area contributed by atoms with Gasteiger partial charge in [-0.05, 0) is 12.8 Å². The average molecular weight is 664 g/mol. The quantitative estimate of drug-likeness (QED) is 0.0297. The molecule has 0 aromatic carbocycles. The van der Waals surface area contributed by atoms with Gasteiger partial charge in [-0.3, -0.25) is 14.2 Å². The Hall–Kier alpha value is -0.990. The Morgan fingerprint density at radius 1 is 0.600 bits per heavy atom. The lowest BCUT2D eigenvalue weighted by Crippen LogP contribution is -2.37. The molecule has 0 bridgehead atoms. The number of rotatable bonds is 33. The van der Waals surface area contributed by atoms with Crippen molar-refractivity contribution in [1.29, 1.82) is 0 Å². The van der Waals surface area contributed by atoms with Crippen molar-refractivity contribution in [2.45, 2.75) is 168 Å². The van der Waals surface area contributed by atoms with Crippen LogP contribution in [0.25, 0.3) is 0 Å². The van der Waals surface area contributed by atoms with E-state index in [2.05, 4.69) is 13.8 Å². The summed E-state index contributed by atoms with van der Waals surface area (Å²) in [5.41, 5.74) is 0. The number of quaternary nitrogens is 1. The van der Waals surface area contributed by atoms with Crippen LogP contribution in [0.1, 0.15) is 162 Å². The van der Waals surface area contributed by atoms with Crippen molar-refractivity contribution in [2.24, 2.45) is 0 Å². The number of likely N-dealkylation sites (N-methyl/N-ethyl adjacent to an activating group) is 1. The van der Waals surface area contributed by atoms with Gasteiger partial charge in [-0.2, -0.15) is 0 Å². The molecule has 0 spiro atoms. The number of esters is 2. The van der Waals surface area contributed by atoms with Crippen LogP contribution in [0, 0.1) is 0 Å². The molecule has 0 radical (unpaired) electrons. The van der Waals surface area contributed by atoms with E-state index < -0.39 is 32.5 Å². The summed E-state index contributed by atoms with van der Waals surface area (Å²) in [6.45, 7) is 4.13. The summed E-state index contributed by atoms with van der Waals surface area (Å²) < 4.78 is 33.5. The first-order chi connectivity index (χ1) is 21.5. The number of ether oxygens (including phenoxy) is 2. The van der Waals surface area contributed by atoms with Crippen LogP contribution >= 0.6 is 7.82 Å². The number of unbranched alkanes of at least 4 members (excludes halogenated alkanes) is 19. The van der Waals surface area contributed by atoms with Crippen molar-refractivity contribution >= 4 is 19.8 Å². The van der Waals surface area contributed by atoms with E-state index in [0.29, 0.717) is 17.4 Å². The lowest BCUT2D eigenvalue weighted by atomic mass is 10.0. The Balaban J connectivity index is 4.28. The van der Waals surface area contributed by atoms with Gasteiger partial charge in [0, 0.05) is 12.8 Å². The van der Waals surface area contributed by atoms with E-state index in [-0.39, 0.29) is 26.1 Å². The fourth-order valence-electron chi connectivity index (χ4n) is 4.95. The van der Waals surface area contributed by atoms with Crippen LogP contribution < -0.4 is 4.89 Å². The summed E-state index contributed by atoms with van der Waals surface area (Å²) in [7, 11) is 1.17. The number of hydrogen-bond donors (Lipinski definition) is 0. The highest BCUT2D eigenvalue weighted by Crippen LogP contribution is 2.38. The van der Waals surface area contributed by atoms with Gasteiger partial charge in [-0.1, -0.05) is 136 Å². The van der Waals surface area contributed by atoms with Crippen molar-refractivity contribution in [2.75, 3.05) is 47.5 Å². The average Bonchev–Trinajstić information content (AvgIpc) is 2.97. The van der Waals surface area contributed by atoms with Gasteiger partial charge < -0.3 is 27.9 Å². The van der Waals surface area contributed by atoms with E-state index in [4.69, 9.17) is 18.5 Å². The van der Waals surface area contributed by atoms with Gasteiger partial charge in [0.25, 0.3) is 7.82 Å². The van der Waals surface area contributed by atoms with E-state index in [1.165, 1.54) is 83.5 Å². The van der Waals surface area contributed by atoms with Crippen LogP contribution in [0.3, 0.4) is 0 Å². The van der Waals surface area contributed by atoms with Crippen LogP contribution in [0.4, 0.5) is 0 Å². The first-order valence-corrected chi connectivity index (χ1v) is 19.7. The number of carbonyl (C=O) groups is 2. The van der Waals surface area contributed by atoms with Crippen LogP contribution in [0.5, 0.6) is 0 Å². The van der Waals surface area contributed by atoms with Gasteiger partial charge in [-0.25, -0.2) is 0 Å². The molecule has 0 fully saturated rings. The Labute approximate surface area is 276 Å². The fraction of sp³-hybridized carbons (Fsp3) is 0.943. The van der Waals surface area contributed by atoms with Crippen molar-refractivity contribution in [3.63, 3.8) is 0 Å². The SMILES string of the molecule is CCCCCCCCCCCCCCCCCCC(=O)O[C@H](COC(=O)CCCCCCC)COP(=O)([O-])OCC[N+](C)(C)C. The predicted molar refractivity (Wildman–Crippen MR) is 181 cm³/mol. The summed E-state index contributed by atoms with van der Waals surface area (Å²) in [6.07, 6.45) is 24.5. The number of nitrogens with zero attached hydrogens (tertiary/aromatic N) is 1. The van der Waals surface area contributed by atoms with Gasteiger partial charge in [-0.15, -0.1) is 0 Å². The molecule has 0 saturated heterocycles. The standard InChI is InChI=1S/C35H70NO8P/c1-6-8-10-12-13-14-15-16-17-18-19-20-21-22-24-26-28-35(38)44-33(31-41-34(37)27-25-23-11-9-7-2)32-43-45(39,40)42-30-29-36(3,4)5/h33H,6-32H2,1-5H3/t33-/m1/s1. The molecule has 9 nitrogen and oxygen atoms in total. The first kappa shape index (κ1) is 44.0. The Bertz CT molecular complexity index is 758. The highest BCUT2D eigenvalue weighted by atomic mass is 31.2. The van der Waals surface area contributed by atoms with Crippen molar-refractivity contribution in [3.05, 3.63) is 0 Å². The molecule has 0 aliphatic rings. The summed E-state index contributed by atoms with van der Waals surface area (Å²) >= 11 is 0. The molecule has 2 atom stereocenters. The van der Waals surface area contributed by atoms with Gasteiger partial charge in [0.05, 0.1) is 27.7 Å². The molecule has 0 aliphatic carbocycles. The second-order valence-corrected chi connectivity index (χ2v) is 15.0. The predicted octanol–water partition coefficient (Wildman–Crippen LogP) is 8.66. The maximum absolute atomic E-state index is 12.5. The molecule has 0 heterocycles. The fourth-order valence-corrected chi connectivity index (χ4v) is 5.68. The van der Waals surface area contributed by atoms with Crippen LogP contribution in [-0.4, -0.2) is 70.0 Å². The minimum absolute atomic E-state index is 0.0268. The van der Waals surface area contributed by atoms with E-state index >= 15 is 0 Å². The summed E-state index contributed by atoms with van der Waals surface area (Å²) in [5.74, 6) is -0.842. The number of phosphoric acid groups is 1. The molecule has 268 valence electrons. The summed E-state index contributed by atoms with van der Waals surface area (Å²) in [5, 5.41) is 0. The number of carbonyl (C=O) groups excluding carboxylic acids is 2. The zero-order valence-electron chi connectivity index (χ0n) is 29.8. The highest BCUT2D eigenvalue weighted by molar-refractivity contribution is 7.45. The smallest absolute Gasteiger partial charge is 0.306 e.